The first kappa shape index (κ1) is 10.6. The molecule has 2 aliphatic heterocycles. The molecule has 0 saturated carbocycles. The van der Waals surface area contributed by atoms with Gasteiger partial charge in [-0.05, 0) is 49.3 Å². The molecule has 0 spiro atoms. The molecule has 1 amide bonds. The number of hydrogen-bond acceptors (Lipinski definition) is 2. The first-order valence-electron chi connectivity index (χ1n) is 6.17. The summed E-state index contributed by atoms with van der Waals surface area (Å²) >= 11 is 0. The zero-order chi connectivity index (χ0) is 11.8. The van der Waals surface area contributed by atoms with Crippen LogP contribution in [0.4, 0.5) is 4.79 Å². The van der Waals surface area contributed by atoms with Gasteiger partial charge in [0.15, 0.2) is 0 Å². The van der Waals surface area contributed by atoms with E-state index in [-0.39, 0.29) is 12.1 Å². The van der Waals surface area contributed by atoms with E-state index in [1.165, 1.54) is 5.56 Å². The number of hydrogen-bond donors (Lipinski definition) is 1. The van der Waals surface area contributed by atoms with Gasteiger partial charge in [-0.25, -0.2) is 4.79 Å². The third-order valence-corrected chi connectivity index (χ3v) is 4.13. The van der Waals surface area contributed by atoms with Crippen LogP contribution in [0, 0.1) is 0 Å². The number of nitrogens with zero attached hydrogens (tertiary/aromatic N) is 2. The second-order valence-electron chi connectivity index (χ2n) is 5.02. The Morgan fingerprint density at radius 3 is 2.35 bits per heavy atom. The van der Waals surface area contributed by atoms with Gasteiger partial charge in [-0.15, -0.1) is 0 Å². The summed E-state index contributed by atoms with van der Waals surface area (Å²) in [4.78, 5) is 16.9. The smallest absolute Gasteiger partial charge is 0.407 e. The number of amides is 1. The van der Waals surface area contributed by atoms with Crippen LogP contribution in [0.25, 0.3) is 0 Å². The third-order valence-electron chi connectivity index (χ3n) is 4.13. The van der Waals surface area contributed by atoms with Crippen molar-refractivity contribution in [3.05, 3.63) is 30.1 Å². The molecule has 0 aromatic carbocycles. The van der Waals surface area contributed by atoms with E-state index in [1.807, 2.05) is 12.4 Å². The van der Waals surface area contributed by atoms with E-state index in [2.05, 4.69) is 17.1 Å². The molecule has 1 aromatic heterocycles. The van der Waals surface area contributed by atoms with Gasteiger partial charge in [0.2, 0.25) is 0 Å². The SMILES string of the molecule is O=C(O)N1C2CCC1CC(c1ccncc1)C2. The van der Waals surface area contributed by atoms with Crippen LogP contribution in [0.2, 0.25) is 0 Å². The number of piperidine rings is 1. The predicted octanol–water partition coefficient (Wildman–Crippen LogP) is 2.47. The zero-order valence-corrected chi connectivity index (χ0v) is 9.62. The van der Waals surface area contributed by atoms with Crippen molar-refractivity contribution in [3.63, 3.8) is 0 Å². The minimum Gasteiger partial charge on any atom is -0.465 e. The average Bonchev–Trinajstić information content (AvgIpc) is 2.62. The minimum atomic E-state index is -0.745. The average molecular weight is 232 g/mol. The molecule has 90 valence electrons. The Bertz CT molecular complexity index is 407. The van der Waals surface area contributed by atoms with Crippen LogP contribution in [0.1, 0.15) is 37.2 Å². The van der Waals surface area contributed by atoms with Crippen molar-refractivity contribution in [3.8, 4) is 0 Å². The van der Waals surface area contributed by atoms with Crippen LogP contribution < -0.4 is 0 Å². The highest BCUT2D eigenvalue weighted by atomic mass is 16.4. The van der Waals surface area contributed by atoms with Crippen molar-refractivity contribution in [1.82, 2.24) is 9.88 Å². The molecule has 17 heavy (non-hydrogen) atoms. The number of aromatic nitrogens is 1. The molecule has 4 nitrogen and oxygen atoms in total. The van der Waals surface area contributed by atoms with E-state index in [4.69, 9.17) is 0 Å². The number of pyridine rings is 1. The summed E-state index contributed by atoms with van der Waals surface area (Å²) < 4.78 is 0. The quantitative estimate of drug-likeness (QED) is 0.809. The van der Waals surface area contributed by atoms with Crippen molar-refractivity contribution >= 4 is 6.09 Å². The predicted molar refractivity (Wildman–Crippen MR) is 62.9 cm³/mol. The second kappa shape index (κ2) is 4.02. The largest absolute Gasteiger partial charge is 0.465 e. The maximum atomic E-state index is 11.2. The van der Waals surface area contributed by atoms with Crippen molar-refractivity contribution in [1.29, 1.82) is 0 Å². The molecule has 1 aromatic rings. The Hall–Kier alpha value is -1.58. The first-order valence-corrected chi connectivity index (χ1v) is 6.17. The Morgan fingerprint density at radius 1 is 1.24 bits per heavy atom. The van der Waals surface area contributed by atoms with Crippen LogP contribution in [-0.4, -0.2) is 33.2 Å². The highest BCUT2D eigenvalue weighted by Gasteiger charge is 2.43. The molecule has 4 heteroatoms. The molecule has 0 radical (unpaired) electrons. The summed E-state index contributed by atoms with van der Waals surface area (Å²) in [6, 6.07) is 4.56. The highest BCUT2D eigenvalue weighted by Crippen LogP contribution is 2.42. The fourth-order valence-corrected chi connectivity index (χ4v) is 3.40. The molecule has 2 bridgehead atoms. The third kappa shape index (κ3) is 1.77. The molecular formula is C13H16N2O2. The van der Waals surface area contributed by atoms with Gasteiger partial charge in [0.1, 0.15) is 0 Å². The molecule has 3 rings (SSSR count). The van der Waals surface area contributed by atoms with Gasteiger partial charge in [0.25, 0.3) is 0 Å². The molecule has 2 atom stereocenters. The van der Waals surface area contributed by atoms with Crippen LogP contribution >= 0.6 is 0 Å². The van der Waals surface area contributed by atoms with Gasteiger partial charge in [-0.1, -0.05) is 0 Å². The molecule has 2 unspecified atom stereocenters. The van der Waals surface area contributed by atoms with Gasteiger partial charge in [-0.3, -0.25) is 4.98 Å². The fraction of sp³-hybridized carbons (Fsp3) is 0.538. The van der Waals surface area contributed by atoms with Gasteiger partial charge in [-0.2, -0.15) is 0 Å². The van der Waals surface area contributed by atoms with Crippen LogP contribution in [0.3, 0.4) is 0 Å². The van der Waals surface area contributed by atoms with Crippen molar-refractivity contribution < 1.29 is 9.90 Å². The molecule has 2 aliphatic rings. The van der Waals surface area contributed by atoms with Crippen molar-refractivity contribution in [2.75, 3.05) is 0 Å². The Kier molecular flexibility index (Phi) is 2.50. The number of carbonyl (C=O) groups is 1. The lowest BCUT2D eigenvalue weighted by atomic mass is 9.86. The molecule has 3 heterocycles. The van der Waals surface area contributed by atoms with Crippen LogP contribution in [0.5, 0.6) is 0 Å². The fourth-order valence-electron chi connectivity index (χ4n) is 3.40. The van der Waals surface area contributed by atoms with Gasteiger partial charge in [0.05, 0.1) is 0 Å². The lowest BCUT2D eigenvalue weighted by molar-refractivity contribution is 0.0965. The summed E-state index contributed by atoms with van der Waals surface area (Å²) in [7, 11) is 0. The van der Waals surface area contributed by atoms with Gasteiger partial charge < -0.3 is 10.0 Å². The summed E-state index contributed by atoms with van der Waals surface area (Å²) in [5.74, 6) is 0.506. The Labute approximate surface area is 100 Å². The Balaban J connectivity index is 1.80. The molecular weight excluding hydrogens is 216 g/mol. The summed E-state index contributed by atoms with van der Waals surface area (Å²) in [6.45, 7) is 0. The second-order valence-corrected chi connectivity index (χ2v) is 5.02. The summed E-state index contributed by atoms with van der Waals surface area (Å²) in [5, 5.41) is 9.19. The van der Waals surface area contributed by atoms with Crippen molar-refractivity contribution in [2.24, 2.45) is 0 Å². The van der Waals surface area contributed by atoms with Gasteiger partial charge in [0, 0.05) is 24.5 Å². The number of rotatable bonds is 1. The highest BCUT2D eigenvalue weighted by molar-refractivity contribution is 5.66. The molecule has 2 fully saturated rings. The maximum absolute atomic E-state index is 11.2. The lowest BCUT2D eigenvalue weighted by Gasteiger charge is -2.37. The van der Waals surface area contributed by atoms with E-state index < -0.39 is 6.09 Å². The van der Waals surface area contributed by atoms with Crippen molar-refractivity contribution in [2.45, 2.75) is 43.7 Å². The maximum Gasteiger partial charge on any atom is 0.407 e. The van der Waals surface area contributed by atoms with E-state index in [1.54, 1.807) is 4.90 Å². The molecule has 0 aliphatic carbocycles. The van der Waals surface area contributed by atoms with E-state index in [9.17, 15) is 9.90 Å². The lowest BCUT2D eigenvalue weighted by Crippen LogP contribution is -2.45. The van der Waals surface area contributed by atoms with E-state index >= 15 is 0 Å². The van der Waals surface area contributed by atoms with E-state index in [0.29, 0.717) is 5.92 Å². The van der Waals surface area contributed by atoms with Gasteiger partial charge >= 0.3 is 6.09 Å². The van der Waals surface area contributed by atoms with Crippen LogP contribution in [0.15, 0.2) is 24.5 Å². The van der Waals surface area contributed by atoms with E-state index in [0.717, 1.165) is 25.7 Å². The Morgan fingerprint density at radius 2 is 1.82 bits per heavy atom. The normalized spacial score (nSPS) is 31.5. The molecule has 2 saturated heterocycles. The minimum absolute atomic E-state index is 0.226. The van der Waals surface area contributed by atoms with Crippen LogP contribution in [-0.2, 0) is 0 Å². The number of fused-ring (bicyclic) bond motifs is 2. The first-order chi connectivity index (χ1) is 8.25. The summed E-state index contributed by atoms with van der Waals surface area (Å²) in [5.41, 5.74) is 1.31. The monoisotopic (exact) mass is 232 g/mol. The number of carboxylic acid groups (broad SMARTS) is 1. The zero-order valence-electron chi connectivity index (χ0n) is 9.62. The topological polar surface area (TPSA) is 53.4 Å². The summed E-state index contributed by atoms with van der Waals surface area (Å²) in [6.07, 6.45) is 6.88. The molecule has 1 N–H and O–H groups in total. The standard InChI is InChI=1S/C13H16N2O2/c16-13(17)15-11-1-2-12(15)8-10(7-11)9-3-5-14-6-4-9/h3-6,10-12H,1-2,7-8H2,(H,16,17).